The topological polar surface area (TPSA) is 59.8 Å². The number of hydrogen-bond donors (Lipinski definition) is 1. The second kappa shape index (κ2) is 6.60. The average molecular weight is 363 g/mol. The van der Waals surface area contributed by atoms with Crippen molar-refractivity contribution < 1.29 is 13.6 Å². The number of carbonyl (C=O) groups excluding carboxylic acids is 1. The van der Waals surface area contributed by atoms with E-state index < -0.39 is 17.5 Å². The van der Waals surface area contributed by atoms with E-state index >= 15 is 0 Å². The summed E-state index contributed by atoms with van der Waals surface area (Å²) in [4.78, 5) is 16.6. The van der Waals surface area contributed by atoms with E-state index in [0.717, 1.165) is 23.5 Å². The van der Waals surface area contributed by atoms with Gasteiger partial charge in [0, 0.05) is 11.8 Å². The largest absolute Gasteiger partial charge is 0.318 e. The van der Waals surface area contributed by atoms with Crippen LogP contribution in [0.1, 0.15) is 21.9 Å². The van der Waals surface area contributed by atoms with E-state index in [1.54, 1.807) is 10.7 Å². The summed E-state index contributed by atoms with van der Waals surface area (Å²) < 4.78 is 28.2. The van der Waals surface area contributed by atoms with Crippen LogP contribution >= 0.6 is 11.6 Å². The van der Waals surface area contributed by atoms with E-state index in [4.69, 9.17) is 11.6 Å². The van der Waals surface area contributed by atoms with Gasteiger partial charge in [-0.2, -0.15) is 5.10 Å². The molecule has 0 aliphatic carbocycles. The molecule has 1 amide bonds. The highest BCUT2D eigenvalue weighted by molar-refractivity contribution is 6.34. The van der Waals surface area contributed by atoms with Crippen LogP contribution in [0.25, 0.3) is 5.82 Å². The van der Waals surface area contributed by atoms with Gasteiger partial charge >= 0.3 is 0 Å². The molecule has 5 nitrogen and oxygen atoms in total. The first-order valence-electron chi connectivity index (χ1n) is 7.32. The van der Waals surface area contributed by atoms with Gasteiger partial charge in [-0.25, -0.2) is 18.4 Å². The predicted molar refractivity (Wildman–Crippen MR) is 90.2 cm³/mol. The lowest BCUT2D eigenvalue weighted by molar-refractivity contribution is 0.102. The molecule has 0 spiro atoms. The number of amides is 1. The number of carbonyl (C=O) groups is 1. The van der Waals surface area contributed by atoms with Gasteiger partial charge in [-0.15, -0.1) is 0 Å². The molecule has 8 heteroatoms. The summed E-state index contributed by atoms with van der Waals surface area (Å²) in [5.41, 5.74) is 1.38. The number of pyridine rings is 1. The Morgan fingerprint density at radius 1 is 1.16 bits per heavy atom. The summed E-state index contributed by atoms with van der Waals surface area (Å²) in [6.07, 6.45) is 0. The van der Waals surface area contributed by atoms with Crippen molar-refractivity contribution in [2.75, 3.05) is 5.32 Å². The van der Waals surface area contributed by atoms with Gasteiger partial charge in [0.1, 0.15) is 17.3 Å². The molecule has 0 fully saturated rings. The van der Waals surface area contributed by atoms with Gasteiger partial charge < -0.3 is 5.32 Å². The molecule has 128 valence electrons. The van der Waals surface area contributed by atoms with Crippen molar-refractivity contribution in [1.29, 1.82) is 0 Å². The molecule has 0 unspecified atom stereocenters. The maximum absolute atomic E-state index is 13.7. The zero-order valence-electron chi connectivity index (χ0n) is 13.3. The molecule has 0 saturated heterocycles. The molecule has 2 heterocycles. The second-order valence-corrected chi connectivity index (χ2v) is 5.82. The summed E-state index contributed by atoms with van der Waals surface area (Å²) in [6.45, 7) is 3.69. The Bertz CT molecular complexity index is 971. The van der Waals surface area contributed by atoms with Gasteiger partial charge in [0.15, 0.2) is 5.82 Å². The van der Waals surface area contributed by atoms with Crippen molar-refractivity contribution in [3.8, 4) is 5.82 Å². The summed E-state index contributed by atoms with van der Waals surface area (Å²) in [6, 6.07) is 7.84. The zero-order chi connectivity index (χ0) is 18.1. The number of rotatable bonds is 3. The van der Waals surface area contributed by atoms with Crippen LogP contribution < -0.4 is 5.32 Å². The average Bonchev–Trinajstić information content (AvgIpc) is 2.89. The lowest BCUT2D eigenvalue weighted by Gasteiger charge is -2.09. The fourth-order valence-electron chi connectivity index (χ4n) is 2.34. The molecule has 1 aromatic carbocycles. The van der Waals surface area contributed by atoms with Crippen molar-refractivity contribution >= 4 is 23.2 Å². The number of nitrogens with zero attached hydrogens (tertiary/aromatic N) is 3. The van der Waals surface area contributed by atoms with Crippen LogP contribution in [0.4, 0.5) is 14.5 Å². The van der Waals surface area contributed by atoms with Crippen molar-refractivity contribution in [2.45, 2.75) is 13.8 Å². The molecule has 0 bridgehead atoms. The van der Waals surface area contributed by atoms with Crippen molar-refractivity contribution in [3.05, 3.63) is 70.1 Å². The second-order valence-electron chi connectivity index (χ2n) is 5.42. The highest BCUT2D eigenvalue weighted by atomic mass is 35.5. The Morgan fingerprint density at radius 2 is 1.92 bits per heavy atom. The monoisotopic (exact) mass is 362 g/mol. The van der Waals surface area contributed by atoms with Crippen LogP contribution in [0, 0.1) is 25.5 Å². The minimum atomic E-state index is -0.890. The zero-order valence-corrected chi connectivity index (χ0v) is 14.1. The SMILES string of the molecule is Cc1cc(C)n(-c2ccc(Cl)c(C(=O)Nc3ccc(F)cc3F)n2)n1. The van der Waals surface area contributed by atoms with E-state index in [0.29, 0.717) is 11.9 Å². The summed E-state index contributed by atoms with van der Waals surface area (Å²) in [5, 5.41) is 6.73. The minimum absolute atomic E-state index is 0.0876. The molecule has 2 aromatic heterocycles. The molecular weight excluding hydrogens is 350 g/mol. The third-order valence-electron chi connectivity index (χ3n) is 3.45. The van der Waals surface area contributed by atoms with E-state index in [9.17, 15) is 13.6 Å². The van der Waals surface area contributed by atoms with Crippen molar-refractivity contribution in [2.24, 2.45) is 0 Å². The number of aryl methyl sites for hydroxylation is 2. The molecule has 0 atom stereocenters. The Kier molecular flexibility index (Phi) is 4.50. The van der Waals surface area contributed by atoms with Gasteiger partial charge in [0.25, 0.3) is 5.91 Å². The highest BCUT2D eigenvalue weighted by Crippen LogP contribution is 2.21. The standard InChI is InChI=1S/C17H13ClF2N4O/c1-9-7-10(2)24(23-9)15-6-4-12(18)16(22-15)17(25)21-14-5-3-11(19)8-13(14)20/h3-8H,1-2H3,(H,21,25). The molecule has 0 saturated carbocycles. The highest BCUT2D eigenvalue weighted by Gasteiger charge is 2.17. The van der Waals surface area contributed by atoms with E-state index in [2.05, 4.69) is 15.4 Å². The summed E-state index contributed by atoms with van der Waals surface area (Å²) >= 11 is 6.05. The molecule has 0 aliphatic rings. The molecule has 0 radical (unpaired) electrons. The van der Waals surface area contributed by atoms with Crippen molar-refractivity contribution in [1.82, 2.24) is 14.8 Å². The Balaban J connectivity index is 1.95. The first-order chi connectivity index (χ1) is 11.8. The molecule has 3 rings (SSSR count). The number of aromatic nitrogens is 3. The smallest absolute Gasteiger partial charge is 0.275 e. The maximum Gasteiger partial charge on any atom is 0.275 e. The van der Waals surface area contributed by atoms with Crippen LogP contribution in [0.3, 0.4) is 0 Å². The predicted octanol–water partition coefficient (Wildman–Crippen LogP) is 4.07. The van der Waals surface area contributed by atoms with Crippen LogP contribution in [0.5, 0.6) is 0 Å². The van der Waals surface area contributed by atoms with Crippen molar-refractivity contribution in [3.63, 3.8) is 0 Å². The Morgan fingerprint density at radius 3 is 2.56 bits per heavy atom. The first-order valence-corrected chi connectivity index (χ1v) is 7.69. The summed E-state index contributed by atoms with van der Waals surface area (Å²) in [7, 11) is 0. The fraction of sp³-hybridized carbons (Fsp3) is 0.118. The van der Waals surface area contributed by atoms with Gasteiger partial charge in [0.05, 0.1) is 16.4 Å². The van der Waals surface area contributed by atoms with Crippen LogP contribution in [0.2, 0.25) is 5.02 Å². The lowest BCUT2D eigenvalue weighted by atomic mass is 10.2. The van der Waals surface area contributed by atoms with Crippen LogP contribution in [-0.2, 0) is 0 Å². The molecule has 0 aliphatic heterocycles. The normalized spacial score (nSPS) is 10.8. The van der Waals surface area contributed by atoms with Gasteiger partial charge in [0.2, 0.25) is 0 Å². The number of hydrogen-bond acceptors (Lipinski definition) is 3. The number of anilines is 1. The van der Waals surface area contributed by atoms with Gasteiger partial charge in [-0.05, 0) is 44.2 Å². The number of nitrogens with one attached hydrogen (secondary N) is 1. The Labute approximate surface area is 147 Å². The van der Waals surface area contributed by atoms with E-state index in [-0.39, 0.29) is 16.4 Å². The number of benzene rings is 1. The van der Waals surface area contributed by atoms with E-state index in [1.807, 2.05) is 19.9 Å². The minimum Gasteiger partial charge on any atom is -0.318 e. The molecular formula is C17H13ClF2N4O. The van der Waals surface area contributed by atoms with Gasteiger partial charge in [-0.1, -0.05) is 11.6 Å². The fourth-order valence-corrected chi connectivity index (χ4v) is 2.53. The summed E-state index contributed by atoms with van der Waals surface area (Å²) in [5.74, 6) is -1.93. The third kappa shape index (κ3) is 3.51. The quantitative estimate of drug-likeness (QED) is 0.764. The van der Waals surface area contributed by atoms with Crippen LogP contribution in [-0.4, -0.2) is 20.7 Å². The molecule has 3 aromatic rings. The maximum atomic E-state index is 13.7. The number of halogens is 3. The van der Waals surface area contributed by atoms with E-state index in [1.165, 1.54) is 6.07 Å². The third-order valence-corrected chi connectivity index (χ3v) is 3.76. The van der Waals surface area contributed by atoms with Gasteiger partial charge in [-0.3, -0.25) is 4.79 Å². The molecule has 1 N–H and O–H groups in total. The Hall–Kier alpha value is -2.80. The van der Waals surface area contributed by atoms with Crippen LogP contribution in [0.15, 0.2) is 36.4 Å². The first kappa shape index (κ1) is 17.0. The lowest BCUT2D eigenvalue weighted by Crippen LogP contribution is -2.17. The molecule has 25 heavy (non-hydrogen) atoms.